The van der Waals surface area contributed by atoms with Crippen LogP contribution < -0.4 is 14.8 Å². The number of aromatic nitrogens is 2. The number of nitrogens with zero attached hydrogens (tertiary/aromatic N) is 2. The van der Waals surface area contributed by atoms with Crippen molar-refractivity contribution >= 4 is 31.0 Å². The average molecular weight is 824 g/mol. The third-order valence-corrected chi connectivity index (χ3v) is 12.0. The number of methoxy groups -OCH3 is 2. The molecule has 0 bridgehead atoms. The fourth-order valence-corrected chi connectivity index (χ4v) is 7.80. The number of carbonyl (C=O) groups excluding carboxylic acids is 2. The molecule has 0 spiro atoms. The molecule has 4 aromatic carbocycles. The summed E-state index contributed by atoms with van der Waals surface area (Å²) in [5.74, 6) is 0.477. The topological polar surface area (TPSA) is 129 Å². The average Bonchev–Trinajstić information content (AvgIpc) is 3.63. The second-order valence-electron chi connectivity index (χ2n) is 15.8. The number of esters is 2. The molecule has 1 N–H and O–H groups in total. The Hall–Kier alpha value is -5.05. The van der Waals surface area contributed by atoms with E-state index in [2.05, 4.69) is 37.1 Å². The molecule has 5 aromatic rings. The van der Waals surface area contributed by atoms with Crippen LogP contribution in [0.25, 0.3) is 11.0 Å². The molecule has 0 radical (unpaired) electrons. The summed E-state index contributed by atoms with van der Waals surface area (Å²) >= 11 is 0. The predicted molar refractivity (Wildman–Crippen MR) is 228 cm³/mol. The third-order valence-electron chi connectivity index (χ3n) is 10.3. The minimum atomic E-state index is -1.35. The Morgan fingerprint density at radius 2 is 1.64 bits per heavy atom. The van der Waals surface area contributed by atoms with Crippen LogP contribution in [0.2, 0.25) is 25.7 Å². The maximum absolute atomic E-state index is 14.2. The molecule has 1 aliphatic heterocycles. The first-order chi connectivity index (χ1) is 28.6. The molecule has 12 nitrogen and oxygen atoms in total. The smallest absolute Gasteiger partial charge is 0.374 e. The number of nitrogens with one attached hydrogen (secondary N) is 1. The molecule has 0 aliphatic carbocycles. The lowest BCUT2D eigenvalue weighted by atomic mass is 9.87. The van der Waals surface area contributed by atoms with Gasteiger partial charge in [0.15, 0.2) is 6.10 Å². The first kappa shape index (κ1) is 43.5. The molecule has 59 heavy (non-hydrogen) atoms. The number of para-hydroxylation sites is 2. The summed E-state index contributed by atoms with van der Waals surface area (Å²) in [7, 11) is 1.63. The Labute approximate surface area is 348 Å². The van der Waals surface area contributed by atoms with Crippen LogP contribution in [-0.4, -0.2) is 82.8 Å². The van der Waals surface area contributed by atoms with Crippen molar-refractivity contribution in [1.29, 1.82) is 0 Å². The largest absolute Gasteiger partial charge is 0.496 e. The molecular weight excluding hydrogens is 767 g/mol. The first-order valence-electron chi connectivity index (χ1n) is 20.3. The number of ether oxygens (including phenoxy) is 7. The van der Waals surface area contributed by atoms with Crippen molar-refractivity contribution in [2.24, 2.45) is 0 Å². The molecule has 314 valence electrons. The van der Waals surface area contributed by atoms with Gasteiger partial charge in [-0.25, -0.2) is 14.6 Å². The van der Waals surface area contributed by atoms with Gasteiger partial charge in [0.1, 0.15) is 24.8 Å². The highest BCUT2D eigenvalue weighted by atomic mass is 28.3. The molecule has 0 saturated carbocycles. The zero-order valence-electron chi connectivity index (χ0n) is 34.8. The fourth-order valence-electron chi connectivity index (χ4n) is 7.05. The number of fused-ring (bicyclic) bond motifs is 1. The van der Waals surface area contributed by atoms with Crippen molar-refractivity contribution in [2.75, 3.05) is 47.1 Å². The van der Waals surface area contributed by atoms with Gasteiger partial charge in [0, 0.05) is 44.7 Å². The Bertz CT molecular complexity index is 2100. The van der Waals surface area contributed by atoms with Crippen molar-refractivity contribution < 1.29 is 42.7 Å². The minimum absolute atomic E-state index is 0.0275. The Morgan fingerprint density at radius 1 is 0.864 bits per heavy atom. The van der Waals surface area contributed by atoms with Crippen molar-refractivity contribution in [3.05, 3.63) is 125 Å². The van der Waals surface area contributed by atoms with Gasteiger partial charge in [-0.05, 0) is 54.4 Å². The maximum atomic E-state index is 14.2. The van der Waals surface area contributed by atoms with E-state index in [0.717, 1.165) is 53.6 Å². The van der Waals surface area contributed by atoms with Crippen molar-refractivity contribution in [2.45, 2.75) is 76.6 Å². The van der Waals surface area contributed by atoms with Crippen LogP contribution in [0.3, 0.4) is 0 Å². The Kier molecular flexibility index (Phi) is 15.7. The second-order valence-corrected chi connectivity index (χ2v) is 21.4. The molecule has 2 heterocycles. The predicted octanol–water partition coefficient (Wildman–Crippen LogP) is 8.08. The van der Waals surface area contributed by atoms with E-state index in [4.69, 9.17) is 38.1 Å². The standard InChI is InChI=1S/C46H57N3O9Si/c1-52-40-18-10-9-15-35(40)31-54-25-12-26-56-36-21-19-34(20-22-36)37-23-24-47-29-41(37)58-43(45(50)57-30-33-13-7-6-8-14-33)38-16-11-17-39-42(38)48-44(46(51)53-2)49(39)32-55-27-28-59(3,4)5/h6-11,13-22,37,41,43,47H,12,23-32H2,1-5H3. The zero-order valence-corrected chi connectivity index (χ0v) is 35.8. The summed E-state index contributed by atoms with van der Waals surface area (Å²) in [4.78, 5) is 32.1. The lowest BCUT2D eigenvalue weighted by Gasteiger charge is -2.34. The molecule has 1 fully saturated rings. The minimum Gasteiger partial charge on any atom is -0.496 e. The van der Waals surface area contributed by atoms with E-state index >= 15 is 0 Å². The number of benzene rings is 4. The van der Waals surface area contributed by atoms with Gasteiger partial charge in [-0.2, -0.15) is 0 Å². The van der Waals surface area contributed by atoms with E-state index in [0.29, 0.717) is 49.6 Å². The highest BCUT2D eigenvalue weighted by molar-refractivity contribution is 6.76. The number of carbonyl (C=O) groups is 2. The van der Waals surface area contributed by atoms with Gasteiger partial charge in [0.25, 0.3) is 0 Å². The van der Waals surface area contributed by atoms with Crippen LogP contribution in [0.4, 0.5) is 0 Å². The van der Waals surface area contributed by atoms with E-state index in [1.165, 1.54) is 7.11 Å². The Balaban J connectivity index is 1.18. The van der Waals surface area contributed by atoms with E-state index < -0.39 is 32.2 Å². The number of hydrogen-bond acceptors (Lipinski definition) is 11. The SMILES string of the molecule is COC(=O)c1nc2c(C(OC3CNCCC3c3ccc(OCCCOCc4ccccc4OC)cc3)C(=O)OCc3ccccc3)cccc2n1COCC[Si](C)(C)C. The molecular formula is C46H57N3O9Si. The molecule has 0 amide bonds. The Morgan fingerprint density at radius 3 is 2.41 bits per heavy atom. The second kappa shape index (κ2) is 21.3. The van der Waals surface area contributed by atoms with E-state index in [9.17, 15) is 9.59 Å². The van der Waals surface area contributed by atoms with Crippen LogP contribution in [0, 0.1) is 0 Å². The zero-order chi connectivity index (χ0) is 41.6. The van der Waals surface area contributed by atoms with Gasteiger partial charge < -0.3 is 38.5 Å². The van der Waals surface area contributed by atoms with Gasteiger partial charge in [0.2, 0.25) is 5.82 Å². The fraction of sp³-hybridized carbons (Fsp3) is 0.413. The van der Waals surface area contributed by atoms with Gasteiger partial charge in [0.05, 0.1) is 51.2 Å². The van der Waals surface area contributed by atoms with Crippen molar-refractivity contribution in [3.8, 4) is 11.5 Å². The van der Waals surface area contributed by atoms with Crippen LogP contribution in [0.1, 0.15) is 57.7 Å². The van der Waals surface area contributed by atoms with E-state index in [1.807, 2.05) is 84.9 Å². The van der Waals surface area contributed by atoms with Gasteiger partial charge in [-0.1, -0.05) is 92.4 Å². The lowest BCUT2D eigenvalue weighted by molar-refractivity contribution is -0.164. The monoisotopic (exact) mass is 823 g/mol. The molecule has 3 unspecified atom stereocenters. The third kappa shape index (κ3) is 12.0. The van der Waals surface area contributed by atoms with Crippen LogP contribution >= 0.6 is 0 Å². The van der Waals surface area contributed by atoms with E-state index in [1.54, 1.807) is 11.7 Å². The number of hydrogen-bond donors (Lipinski definition) is 1. The highest BCUT2D eigenvalue weighted by Gasteiger charge is 2.36. The van der Waals surface area contributed by atoms with Crippen molar-refractivity contribution in [1.82, 2.24) is 14.9 Å². The summed E-state index contributed by atoms with van der Waals surface area (Å²) < 4.78 is 43.1. The normalized spacial score (nSPS) is 16.1. The van der Waals surface area contributed by atoms with Crippen LogP contribution in [0.15, 0.2) is 97.1 Å². The number of piperidine rings is 1. The van der Waals surface area contributed by atoms with Gasteiger partial charge in [-0.15, -0.1) is 0 Å². The van der Waals surface area contributed by atoms with Crippen molar-refractivity contribution in [3.63, 3.8) is 0 Å². The molecule has 1 aromatic heterocycles. The quantitative estimate of drug-likeness (QED) is 0.0438. The summed E-state index contributed by atoms with van der Waals surface area (Å²) in [6.07, 6.45) is -0.0160. The maximum Gasteiger partial charge on any atom is 0.374 e. The van der Waals surface area contributed by atoms with Gasteiger partial charge >= 0.3 is 11.9 Å². The summed E-state index contributed by atoms with van der Waals surface area (Å²) in [5.41, 5.74) is 4.49. The molecule has 6 rings (SSSR count). The number of rotatable bonds is 21. The van der Waals surface area contributed by atoms with E-state index in [-0.39, 0.29) is 25.1 Å². The number of imidazole rings is 1. The molecule has 1 aliphatic rings. The summed E-state index contributed by atoms with van der Waals surface area (Å²) in [6, 6.07) is 31.9. The molecule has 13 heteroatoms. The molecule has 3 atom stereocenters. The summed E-state index contributed by atoms with van der Waals surface area (Å²) in [6.45, 7) is 10.4. The van der Waals surface area contributed by atoms with Crippen LogP contribution in [0.5, 0.6) is 11.5 Å². The molecule has 1 saturated heterocycles. The van der Waals surface area contributed by atoms with Gasteiger partial charge in [-0.3, -0.25) is 4.57 Å². The highest BCUT2D eigenvalue weighted by Crippen LogP contribution is 2.36. The lowest BCUT2D eigenvalue weighted by Crippen LogP contribution is -2.42. The summed E-state index contributed by atoms with van der Waals surface area (Å²) in [5, 5.41) is 3.46. The van der Waals surface area contributed by atoms with Crippen LogP contribution in [-0.2, 0) is 48.4 Å². The first-order valence-corrected chi connectivity index (χ1v) is 24.0.